The van der Waals surface area contributed by atoms with Crippen LogP contribution in [0.5, 0.6) is 0 Å². The Morgan fingerprint density at radius 1 is 1.17 bits per heavy atom. The van der Waals surface area contributed by atoms with Crippen molar-refractivity contribution in [3.63, 3.8) is 0 Å². The molecule has 4 heteroatoms. The van der Waals surface area contributed by atoms with Gasteiger partial charge in [-0.3, -0.25) is 9.78 Å². The summed E-state index contributed by atoms with van der Waals surface area (Å²) in [6.07, 6.45) is 10.2. The van der Waals surface area contributed by atoms with Crippen molar-refractivity contribution in [3.8, 4) is 0 Å². The van der Waals surface area contributed by atoms with E-state index in [1.54, 1.807) is 6.20 Å². The Kier molecular flexibility index (Phi) is 5.37. The fourth-order valence-corrected chi connectivity index (χ4v) is 2.98. The maximum atomic E-state index is 12.1. The number of nitrogens with one attached hydrogen (secondary N) is 2. The van der Waals surface area contributed by atoms with Gasteiger partial charge >= 0.3 is 0 Å². The van der Waals surface area contributed by atoms with Gasteiger partial charge in [-0.2, -0.15) is 0 Å². The Hall–Kier alpha value is -2.20. The molecule has 0 radical (unpaired) electrons. The number of carbonyl (C=O) groups is 1. The van der Waals surface area contributed by atoms with Crippen LogP contribution in [-0.2, 0) is 4.79 Å². The molecule has 1 aromatic heterocycles. The first-order chi connectivity index (χ1) is 11.3. The second-order valence-corrected chi connectivity index (χ2v) is 5.96. The summed E-state index contributed by atoms with van der Waals surface area (Å²) in [6.45, 7) is 1.18. The molecule has 0 fully saturated rings. The number of pyridine rings is 1. The van der Waals surface area contributed by atoms with E-state index in [9.17, 15) is 4.79 Å². The molecule has 0 unspecified atom stereocenters. The summed E-state index contributed by atoms with van der Waals surface area (Å²) in [5.41, 5.74) is 3.13. The Labute approximate surface area is 137 Å². The van der Waals surface area contributed by atoms with E-state index in [1.807, 2.05) is 30.3 Å². The van der Waals surface area contributed by atoms with Crippen molar-refractivity contribution in [1.82, 2.24) is 10.3 Å². The topological polar surface area (TPSA) is 54.0 Å². The lowest BCUT2D eigenvalue weighted by molar-refractivity contribution is -0.115. The molecule has 0 saturated heterocycles. The summed E-state index contributed by atoms with van der Waals surface area (Å²) in [7, 11) is 0. The predicted molar refractivity (Wildman–Crippen MR) is 94.4 cm³/mol. The van der Waals surface area contributed by atoms with Gasteiger partial charge in [0.2, 0.25) is 5.91 Å². The van der Waals surface area contributed by atoms with Crippen LogP contribution in [0.1, 0.15) is 32.1 Å². The lowest BCUT2D eigenvalue weighted by Crippen LogP contribution is -2.29. The summed E-state index contributed by atoms with van der Waals surface area (Å²) in [5, 5.41) is 7.20. The Balaban J connectivity index is 1.48. The van der Waals surface area contributed by atoms with Crippen LogP contribution in [0.3, 0.4) is 0 Å². The van der Waals surface area contributed by atoms with E-state index >= 15 is 0 Å². The number of anilines is 1. The molecule has 3 rings (SSSR count). The number of para-hydroxylation sites is 1. The zero-order valence-corrected chi connectivity index (χ0v) is 13.3. The molecule has 0 bridgehead atoms. The van der Waals surface area contributed by atoms with Crippen LogP contribution in [0.4, 0.5) is 5.69 Å². The number of aromatic nitrogens is 1. The molecule has 1 heterocycles. The predicted octanol–water partition coefficient (Wildman–Crippen LogP) is 3.65. The molecule has 1 amide bonds. The van der Waals surface area contributed by atoms with Crippen LogP contribution >= 0.6 is 0 Å². The van der Waals surface area contributed by atoms with Gasteiger partial charge < -0.3 is 10.6 Å². The minimum Gasteiger partial charge on any atom is -0.323 e. The van der Waals surface area contributed by atoms with E-state index in [2.05, 4.69) is 21.7 Å². The fourth-order valence-electron chi connectivity index (χ4n) is 2.98. The highest BCUT2D eigenvalue weighted by molar-refractivity contribution is 6.00. The van der Waals surface area contributed by atoms with Gasteiger partial charge in [-0.15, -0.1) is 0 Å². The van der Waals surface area contributed by atoms with Gasteiger partial charge in [0, 0.05) is 11.6 Å². The molecule has 2 aromatic rings. The number of nitrogens with zero attached hydrogens (tertiary/aromatic N) is 1. The number of hydrogen-bond donors (Lipinski definition) is 2. The SMILES string of the molecule is O=C(CNCCC1=CCCCC1)Nc1cccc2cccnc12. The number of hydrogen-bond acceptors (Lipinski definition) is 3. The maximum absolute atomic E-state index is 12.1. The van der Waals surface area contributed by atoms with E-state index < -0.39 is 0 Å². The monoisotopic (exact) mass is 309 g/mol. The van der Waals surface area contributed by atoms with Gasteiger partial charge in [-0.25, -0.2) is 0 Å². The summed E-state index contributed by atoms with van der Waals surface area (Å²) < 4.78 is 0. The minimum absolute atomic E-state index is 0.0271. The van der Waals surface area contributed by atoms with E-state index in [4.69, 9.17) is 0 Å². The van der Waals surface area contributed by atoms with Crippen molar-refractivity contribution >= 4 is 22.5 Å². The van der Waals surface area contributed by atoms with E-state index in [-0.39, 0.29) is 5.91 Å². The molecule has 1 aromatic carbocycles. The third kappa shape index (κ3) is 4.39. The largest absolute Gasteiger partial charge is 0.323 e. The molecule has 1 aliphatic rings. The highest BCUT2D eigenvalue weighted by Crippen LogP contribution is 2.21. The van der Waals surface area contributed by atoms with Crippen LogP contribution in [0, 0.1) is 0 Å². The smallest absolute Gasteiger partial charge is 0.238 e. The average Bonchev–Trinajstić information content (AvgIpc) is 2.60. The quantitative estimate of drug-likeness (QED) is 0.632. The second-order valence-electron chi connectivity index (χ2n) is 5.96. The molecular formula is C19H23N3O. The molecule has 120 valence electrons. The van der Waals surface area contributed by atoms with Crippen molar-refractivity contribution in [1.29, 1.82) is 0 Å². The maximum Gasteiger partial charge on any atom is 0.238 e. The molecular weight excluding hydrogens is 286 g/mol. The second kappa shape index (κ2) is 7.88. The Morgan fingerprint density at radius 2 is 2.09 bits per heavy atom. The van der Waals surface area contributed by atoms with Gasteiger partial charge in [0.1, 0.15) is 0 Å². The van der Waals surface area contributed by atoms with Gasteiger partial charge in [0.05, 0.1) is 17.7 Å². The van der Waals surface area contributed by atoms with Crippen molar-refractivity contribution in [2.24, 2.45) is 0 Å². The molecule has 0 spiro atoms. The molecule has 2 N–H and O–H groups in total. The first-order valence-electron chi connectivity index (χ1n) is 8.35. The van der Waals surface area contributed by atoms with Gasteiger partial charge in [-0.05, 0) is 50.8 Å². The molecule has 0 saturated carbocycles. The molecule has 23 heavy (non-hydrogen) atoms. The van der Waals surface area contributed by atoms with Gasteiger partial charge in [0.15, 0.2) is 0 Å². The Morgan fingerprint density at radius 3 is 2.96 bits per heavy atom. The van der Waals surface area contributed by atoms with Crippen molar-refractivity contribution < 1.29 is 4.79 Å². The van der Waals surface area contributed by atoms with Crippen LogP contribution in [0.25, 0.3) is 10.9 Å². The zero-order chi connectivity index (χ0) is 15.9. The number of amides is 1. The normalized spacial score (nSPS) is 14.5. The fraction of sp³-hybridized carbons (Fsp3) is 0.368. The summed E-state index contributed by atoms with van der Waals surface area (Å²) >= 11 is 0. The lowest BCUT2D eigenvalue weighted by Gasteiger charge is -2.13. The van der Waals surface area contributed by atoms with Crippen molar-refractivity contribution in [3.05, 3.63) is 48.2 Å². The van der Waals surface area contributed by atoms with Crippen LogP contribution < -0.4 is 10.6 Å². The number of rotatable bonds is 6. The van der Waals surface area contributed by atoms with E-state index in [1.165, 1.54) is 31.3 Å². The summed E-state index contributed by atoms with van der Waals surface area (Å²) in [4.78, 5) is 16.4. The van der Waals surface area contributed by atoms with Crippen LogP contribution in [-0.4, -0.2) is 24.0 Å². The number of allylic oxidation sites excluding steroid dienone is 1. The number of benzene rings is 1. The highest BCUT2D eigenvalue weighted by Gasteiger charge is 2.07. The number of carbonyl (C=O) groups excluding carboxylic acids is 1. The highest BCUT2D eigenvalue weighted by atomic mass is 16.1. The third-order valence-corrected chi connectivity index (χ3v) is 4.20. The van der Waals surface area contributed by atoms with Gasteiger partial charge in [-0.1, -0.05) is 29.8 Å². The van der Waals surface area contributed by atoms with Crippen molar-refractivity contribution in [2.45, 2.75) is 32.1 Å². The van der Waals surface area contributed by atoms with Crippen LogP contribution in [0.2, 0.25) is 0 Å². The molecule has 0 atom stereocenters. The third-order valence-electron chi connectivity index (χ3n) is 4.20. The first-order valence-corrected chi connectivity index (χ1v) is 8.35. The zero-order valence-electron chi connectivity index (χ0n) is 13.3. The Bertz CT molecular complexity index is 703. The first kappa shape index (κ1) is 15.7. The van der Waals surface area contributed by atoms with Gasteiger partial charge in [0.25, 0.3) is 0 Å². The number of fused-ring (bicyclic) bond motifs is 1. The molecule has 1 aliphatic carbocycles. The molecule has 4 nitrogen and oxygen atoms in total. The van der Waals surface area contributed by atoms with Crippen LogP contribution in [0.15, 0.2) is 48.2 Å². The summed E-state index contributed by atoms with van der Waals surface area (Å²) in [6, 6.07) is 9.71. The standard InChI is InChI=1S/C19H23N3O/c23-18(14-20-13-11-15-6-2-1-3-7-15)22-17-10-4-8-16-9-5-12-21-19(16)17/h4-6,8-10,12,20H,1-3,7,11,13-14H2,(H,22,23). The van der Waals surface area contributed by atoms with E-state index in [0.29, 0.717) is 6.54 Å². The van der Waals surface area contributed by atoms with E-state index in [0.717, 1.165) is 29.6 Å². The minimum atomic E-state index is -0.0271. The van der Waals surface area contributed by atoms with Crippen molar-refractivity contribution in [2.75, 3.05) is 18.4 Å². The lowest BCUT2D eigenvalue weighted by atomic mass is 9.97. The molecule has 0 aliphatic heterocycles. The summed E-state index contributed by atoms with van der Waals surface area (Å²) in [5.74, 6) is -0.0271. The average molecular weight is 309 g/mol.